The molecule has 3 aliphatic heterocycles. The van der Waals surface area contributed by atoms with Crippen molar-refractivity contribution < 1.29 is 95.3 Å². The lowest BCUT2D eigenvalue weighted by Crippen LogP contribution is -2.70. The molecule has 81 heavy (non-hydrogen) atoms. The number of imide groups is 1. The van der Waals surface area contributed by atoms with Crippen LogP contribution in [0.1, 0.15) is 102 Å². The first-order chi connectivity index (χ1) is 38.8. The standard InChI is InChI=1S/C60H59NO20/c1-32-12-19-38(20-13-32)56(68)78-50-46(31-73-47(65)29-18-35(4)62)77-60(53(80-58(70)40-23-16-34(3)17-24-40)52(50)79-57(69)39-21-14-33(2)15-22-39)81-51-48(61-54(66)43-10-8-9-11-44(43)55(61)67)59(75-42-27-25-41(71-7)26-28-42)76-45(30-72-36(5)63)49(51)74-37(6)64/h8-17,19-28,45-46,48-53,59-60H,18,29-31H2,1-7H3/t45-,46-,48-,49+,50-,51-,52+,53-,59-,60+/m1/s1. The van der Waals surface area contributed by atoms with Crippen molar-refractivity contribution in [2.24, 2.45) is 0 Å². The van der Waals surface area contributed by atoms with Gasteiger partial charge in [-0.3, -0.25) is 28.9 Å². The van der Waals surface area contributed by atoms with Crippen LogP contribution < -0.4 is 9.47 Å². The fourth-order valence-electron chi connectivity index (χ4n) is 9.20. The molecule has 2 fully saturated rings. The SMILES string of the molecule is COc1ccc(O[C@@H]2O[C@H](COC(C)=O)[C@H](OC(C)=O)[C@H](O[C@@H]3O[C@H](COC(=O)CCC(C)=O)[C@@H](OC(=O)c4ccc(C)cc4)[C@H](OC(=O)c4ccc(C)cc4)[C@H]3OC(=O)c3ccc(C)cc3)[C@H]2N2C(=O)c3ccccc3C2=O)cc1. The predicted octanol–water partition coefficient (Wildman–Crippen LogP) is 6.58. The molecule has 10 atom stereocenters. The number of rotatable bonds is 20. The number of Topliss-reactive ketones (excluding diaryl/α,β-unsaturated/α-hetero) is 1. The first-order valence-electron chi connectivity index (χ1n) is 25.8. The largest absolute Gasteiger partial charge is 0.497 e. The molecule has 3 aliphatic rings. The van der Waals surface area contributed by atoms with E-state index in [4.69, 9.17) is 52.1 Å². The highest BCUT2D eigenvalue weighted by Crippen LogP contribution is 2.40. The number of amides is 2. The number of hydrogen-bond donors (Lipinski definition) is 0. The zero-order valence-electron chi connectivity index (χ0n) is 45.3. The van der Waals surface area contributed by atoms with Gasteiger partial charge in [0.15, 0.2) is 30.7 Å². The molecule has 8 rings (SSSR count). The Balaban J connectivity index is 1.34. The van der Waals surface area contributed by atoms with Gasteiger partial charge in [-0.15, -0.1) is 0 Å². The first kappa shape index (κ1) is 58.4. The van der Waals surface area contributed by atoms with Gasteiger partial charge in [0.25, 0.3) is 11.8 Å². The molecular weight excluding hydrogens is 1050 g/mol. The molecule has 0 radical (unpaired) electrons. The van der Waals surface area contributed by atoms with Crippen LogP contribution in [0.3, 0.4) is 0 Å². The van der Waals surface area contributed by atoms with Crippen molar-refractivity contribution in [1.82, 2.24) is 4.90 Å². The average Bonchev–Trinajstić information content (AvgIpc) is 4.01. The molecule has 424 valence electrons. The van der Waals surface area contributed by atoms with E-state index in [0.29, 0.717) is 5.75 Å². The van der Waals surface area contributed by atoms with Crippen molar-refractivity contribution in [3.63, 3.8) is 0 Å². The van der Waals surface area contributed by atoms with Gasteiger partial charge in [-0.2, -0.15) is 0 Å². The van der Waals surface area contributed by atoms with Crippen LogP contribution in [-0.4, -0.2) is 140 Å². The minimum Gasteiger partial charge on any atom is -0.497 e. The smallest absolute Gasteiger partial charge is 0.338 e. The zero-order chi connectivity index (χ0) is 58.1. The Morgan fingerprint density at radius 1 is 0.481 bits per heavy atom. The van der Waals surface area contributed by atoms with Gasteiger partial charge in [0, 0.05) is 20.3 Å². The Bertz CT molecular complexity index is 3110. The van der Waals surface area contributed by atoms with Crippen LogP contribution in [0.15, 0.2) is 121 Å². The number of hydrogen-bond acceptors (Lipinski definition) is 20. The summed E-state index contributed by atoms with van der Waals surface area (Å²) in [7, 11) is 1.45. The zero-order valence-corrected chi connectivity index (χ0v) is 45.3. The third kappa shape index (κ3) is 14.2. The number of carbonyl (C=O) groups excluding carboxylic acids is 9. The Morgan fingerprint density at radius 3 is 1.40 bits per heavy atom. The highest BCUT2D eigenvalue weighted by atomic mass is 16.8. The first-order valence-corrected chi connectivity index (χ1v) is 25.8. The van der Waals surface area contributed by atoms with Gasteiger partial charge >= 0.3 is 35.8 Å². The van der Waals surface area contributed by atoms with Gasteiger partial charge in [-0.05, 0) is 100 Å². The molecule has 0 unspecified atom stereocenters. The summed E-state index contributed by atoms with van der Waals surface area (Å²) in [5.41, 5.74) is 2.24. The quantitative estimate of drug-likeness (QED) is 0.0452. The molecule has 21 nitrogen and oxygen atoms in total. The van der Waals surface area contributed by atoms with Crippen LogP contribution in [0, 0.1) is 20.8 Å². The maximum atomic E-state index is 14.8. The van der Waals surface area contributed by atoms with Crippen LogP contribution in [0.4, 0.5) is 0 Å². The second-order valence-electron chi connectivity index (χ2n) is 19.5. The number of methoxy groups -OCH3 is 1. The molecule has 0 saturated carbocycles. The van der Waals surface area contributed by atoms with E-state index in [1.165, 1.54) is 86.8 Å². The molecule has 0 N–H and O–H groups in total. The van der Waals surface area contributed by atoms with Gasteiger partial charge in [0.1, 0.15) is 54.8 Å². The van der Waals surface area contributed by atoms with E-state index in [1.807, 2.05) is 0 Å². The van der Waals surface area contributed by atoms with Gasteiger partial charge in [-0.1, -0.05) is 65.2 Å². The van der Waals surface area contributed by atoms with E-state index in [1.54, 1.807) is 69.3 Å². The number of fused-ring (bicyclic) bond motifs is 1. The van der Waals surface area contributed by atoms with Crippen LogP contribution in [0.5, 0.6) is 11.5 Å². The fraction of sp³-hybridized carbons (Fsp3) is 0.350. The molecule has 0 aromatic heterocycles. The number of nitrogens with zero attached hydrogens (tertiary/aromatic N) is 1. The number of carbonyl (C=O) groups is 9. The summed E-state index contributed by atoms with van der Waals surface area (Å²) in [6.45, 7) is 7.34. The number of esters is 6. The normalized spacial score (nSPS) is 23.0. The molecule has 0 bridgehead atoms. The maximum absolute atomic E-state index is 14.8. The molecule has 3 heterocycles. The van der Waals surface area contributed by atoms with Crippen LogP contribution in [0.25, 0.3) is 0 Å². The summed E-state index contributed by atoms with van der Waals surface area (Å²) >= 11 is 0. The van der Waals surface area contributed by atoms with Crippen molar-refractivity contribution in [2.75, 3.05) is 20.3 Å². The van der Waals surface area contributed by atoms with E-state index in [2.05, 4.69) is 0 Å². The topological polar surface area (TPSA) is 258 Å². The van der Waals surface area contributed by atoms with E-state index in [9.17, 15) is 43.2 Å². The molecule has 2 amide bonds. The Kier molecular flexibility index (Phi) is 18.7. The molecule has 21 heteroatoms. The van der Waals surface area contributed by atoms with Crippen LogP contribution in [-0.2, 0) is 61.8 Å². The van der Waals surface area contributed by atoms with Gasteiger partial charge in [-0.25, -0.2) is 14.4 Å². The summed E-state index contributed by atoms with van der Waals surface area (Å²) in [6, 6.07) is 28.8. The number of ketones is 1. The van der Waals surface area contributed by atoms with E-state index in [0.717, 1.165) is 35.4 Å². The Hall–Kier alpha value is -8.79. The fourth-order valence-corrected chi connectivity index (χ4v) is 9.20. The van der Waals surface area contributed by atoms with Crippen molar-refractivity contribution in [1.29, 1.82) is 0 Å². The van der Waals surface area contributed by atoms with Crippen molar-refractivity contribution in [3.8, 4) is 11.5 Å². The molecule has 2 saturated heterocycles. The highest BCUT2D eigenvalue weighted by Gasteiger charge is 2.61. The second kappa shape index (κ2) is 26.0. The van der Waals surface area contributed by atoms with E-state index < -0.39 is 122 Å². The van der Waals surface area contributed by atoms with Gasteiger partial charge < -0.3 is 56.9 Å². The summed E-state index contributed by atoms with van der Waals surface area (Å²) in [5.74, 6) is -7.31. The summed E-state index contributed by atoms with van der Waals surface area (Å²) in [4.78, 5) is 125. The third-order valence-electron chi connectivity index (χ3n) is 13.4. The molecule has 0 aliphatic carbocycles. The van der Waals surface area contributed by atoms with Crippen molar-refractivity contribution in [2.45, 2.75) is 116 Å². The monoisotopic (exact) mass is 1110 g/mol. The lowest BCUT2D eigenvalue weighted by Gasteiger charge is -2.50. The average molecular weight is 1110 g/mol. The van der Waals surface area contributed by atoms with Gasteiger partial charge in [0.05, 0.1) is 41.3 Å². The van der Waals surface area contributed by atoms with Crippen molar-refractivity contribution >= 4 is 53.4 Å². The lowest BCUT2D eigenvalue weighted by molar-refractivity contribution is -0.342. The second-order valence-corrected chi connectivity index (χ2v) is 19.5. The number of benzene rings is 5. The van der Waals surface area contributed by atoms with E-state index in [-0.39, 0.29) is 52.2 Å². The minimum absolute atomic E-state index is 0.0131. The molecule has 0 spiro atoms. The number of ether oxygens (including phenoxy) is 11. The predicted molar refractivity (Wildman–Crippen MR) is 281 cm³/mol. The summed E-state index contributed by atoms with van der Waals surface area (Å²) < 4.78 is 68.1. The van der Waals surface area contributed by atoms with Crippen LogP contribution in [0.2, 0.25) is 0 Å². The third-order valence-corrected chi connectivity index (χ3v) is 13.4. The summed E-state index contributed by atoms with van der Waals surface area (Å²) in [5, 5.41) is 0. The maximum Gasteiger partial charge on any atom is 0.338 e. The molecular formula is C60H59NO20. The molecule has 5 aromatic carbocycles. The summed E-state index contributed by atoms with van der Waals surface area (Å²) in [6.07, 6.45) is -17.4. The minimum atomic E-state index is -2.14. The Labute approximate surface area is 465 Å². The van der Waals surface area contributed by atoms with Gasteiger partial charge in [0.2, 0.25) is 6.29 Å². The van der Waals surface area contributed by atoms with Crippen molar-refractivity contribution in [3.05, 3.63) is 166 Å². The highest BCUT2D eigenvalue weighted by molar-refractivity contribution is 6.21. The molecule has 5 aromatic rings. The number of aryl methyl sites for hydroxylation is 3. The lowest BCUT2D eigenvalue weighted by atomic mass is 9.93. The van der Waals surface area contributed by atoms with E-state index >= 15 is 0 Å². The Morgan fingerprint density at radius 2 is 0.926 bits per heavy atom. The van der Waals surface area contributed by atoms with Crippen LogP contribution >= 0.6 is 0 Å².